The summed E-state index contributed by atoms with van der Waals surface area (Å²) in [6.07, 6.45) is 5.27. The number of pyridine rings is 1. The number of aryl methyl sites for hydroxylation is 1. The number of hydrogen-bond donors (Lipinski definition) is 2. The van der Waals surface area contributed by atoms with E-state index in [0.29, 0.717) is 24.5 Å². The van der Waals surface area contributed by atoms with Crippen LogP contribution < -0.4 is 16.2 Å². The molecule has 1 fully saturated rings. The molecule has 10 nitrogen and oxygen atoms in total. The third-order valence-corrected chi connectivity index (χ3v) is 5.81. The average Bonchev–Trinajstić information content (AvgIpc) is 3.43. The lowest BCUT2D eigenvalue weighted by molar-refractivity contribution is 0.0944. The van der Waals surface area contributed by atoms with Crippen LogP contribution in [0.2, 0.25) is 0 Å². The van der Waals surface area contributed by atoms with Crippen molar-refractivity contribution >= 4 is 28.6 Å². The second-order valence-corrected chi connectivity index (χ2v) is 9.00. The SMILES string of the molecule is Cc1oc2ncn(CC(C)C)c(=O)c2c1C(=O)Nc1ccc(C(=O)NCCN2CCCC2)nc1. The summed E-state index contributed by atoms with van der Waals surface area (Å²) in [5, 5.41) is 5.76. The minimum Gasteiger partial charge on any atom is -0.442 e. The standard InChI is InChI=1S/C24H30N6O4/c1-15(2)13-30-14-27-23-20(24(30)33)19(16(3)34-23)22(32)28-17-6-7-18(26-12-17)21(31)25-8-11-29-9-4-5-10-29/h6-7,12,14-15H,4-5,8-11,13H2,1-3H3,(H,25,31)(H,28,32). The van der Waals surface area contributed by atoms with Crippen molar-refractivity contribution in [1.82, 2.24) is 24.8 Å². The third kappa shape index (κ3) is 5.17. The van der Waals surface area contributed by atoms with Crippen LogP contribution in [0.25, 0.3) is 11.1 Å². The molecule has 0 spiro atoms. The Balaban J connectivity index is 1.44. The molecule has 3 aromatic heterocycles. The summed E-state index contributed by atoms with van der Waals surface area (Å²) < 4.78 is 7.05. The van der Waals surface area contributed by atoms with Gasteiger partial charge in [0.2, 0.25) is 5.71 Å². The zero-order valence-electron chi connectivity index (χ0n) is 19.8. The highest BCUT2D eigenvalue weighted by atomic mass is 16.3. The van der Waals surface area contributed by atoms with E-state index in [0.717, 1.165) is 19.6 Å². The summed E-state index contributed by atoms with van der Waals surface area (Å²) in [4.78, 5) is 49.0. The zero-order valence-corrected chi connectivity index (χ0v) is 19.8. The maximum absolute atomic E-state index is 13.0. The van der Waals surface area contributed by atoms with E-state index in [1.807, 2.05) is 13.8 Å². The number of carbonyl (C=O) groups is 2. The van der Waals surface area contributed by atoms with Gasteiger partial charge in [-0.2, -0.15) is 0 Å². The molecule has 0 unspecified atom stereocenters. The molecular formula is C24H30N6O4. The largest absolute Gasteiger partial charge is 0.442 e. The quantitative estimate of drug-likeness (QED) is 0.523. The first kappa shape index (κ1) is 23.6. The minimum absolute atomic E-state index is 0.131. The Labute approximate surface area is 197 Å². The van der Waals surface area contributed by atoms with Crippen LogP contribution in [0, 0.1) is 12.8 Å². The molecule has 0 aromatic carbocycles. The first-order valence-corrected chi connectivity index (χ1v) is 11.6. The molecule has 4 rings (SSSR count). The molecule has 0 radical (unpaired) electrons. The number of amides is 2. The van der Waals surface area contributed by atoms with Crippen LogP contribution in [-0.2, 0) is 6.54 Å². The van der Waals surface area contributed by atoms with Gasteiger partial charge >= 0.3 is 0 Å². The molecule has 1 aliphatic heterocycles. The highest BCUT2D eigenvalue weighted by Gasteiger charge is 2.23. The number of nitrogens with one attached hydrogen (secondary N) is 2. The van der Waals surface area contributed by atoms with Crippen molar-refractivity contribution in [3.8, 4) is 0 Å². The van der Waals surface area contributed by atoms with Gasteiger partial charge in [0.05, 0.1) is 17.4 Å². The molecule has 180 valence electrons. The van der Waals surface area contributed by atoms with Crippen molar-refractivity contribution < 1.29 is 14.0 Å². The van der Waals surface area contributed by atoms with Gasteiger partial charge in [-0.25, -0.2) is 9.97 Å². The third-order valence-electron chi connectivity index (χ3n) is 5.81. The molecular weight excluding hydrogens is 436 g/mol. The van der Waals surface area contributed by atoms with Crippen molar-refractivity contribution in [2.45, 2.75) is 40.2 Å². The monoisotopic (exact) mass is 466 g/mol. The fourth-order valence-corrected chi connectivity index (χ4v) is 4.15. The molecule has 2 N–H and O–H groups in total. The first-order chi connectivity index (χ1) is 16.3. The van der Waals surface area contributed by atoms with Gasteiger partial charge in [0, 0.05) is 19.6 Å². The summed E-state index contributed by atoms with van der Waals surface area (Å²) in [5.74, 6) is -0.210. The van der Waals surface area contributed by atoms with Crippen LogP contribution in [0.3, 0.4) is 0 Å². The molecule has 1 saturated heterocycles. The summed E-state index contributed by atoms with van der Waals surface area (Å²) in [5.41, 5.74) is 0.629. The van der Waals surface area contributed by atoms with Gasteiger partial charge in [0.25, 0.3) is 17.4 Å². The van der Waals surface area contributed by atoms with Gasteiger partial charge in [-0.3, -0.25) is 19.0 Å². The van der Waals surface area contributed by atoms with E-state index in [1.165, 1.54) is 29.9 Å². The smallest absolute Gasteiger partial charge is 0.269 e. The van der Waals surface area contributed by atoms with Gasteiger partial charge in [0.1, 0.15) is 23.2 Å². The van der Waals surface area contributed by atoms with E-state index in [9.17, 15) is 14.4 Å². The number of carbonyl (C=O) groups excluding carboxylic acids is 2. The Morgan fingerprint density at radius 1 is 1.15 bits per heavy atom. The molecule has 0 aliphatic carbocycles. The molecule has 3 aromatic rings. The van der Waals surface area contributed by atoms with Gasteiger partial charge in [-0.1, -0.05) is 13.8 Å². The number of aromatic nitrogens is 3. The molecule has 10 heteroatoms. The van der Waals surface area contributed by atoms with Crippen LogP contribution in [0.15, 0.2) is 33.9 Å². The van der Waals surface area contributed by atoms with Crippen molar-refractivity contribution in [3.05, 3.63) is 52.0 Å². The van der Waals surface area contributed by atoms with Crippen LogP contribution in [0.1, 0.15) is 53.3 Å². The fraction of sp³-hybridized carbons (Fsp3) is 0.458. The fourth-order valence-electron chi connectivity index (χ4n) is 4.15. The number of rotatable bonds is 8. The van der Waals surface area contributed by atoms with Crippen LogP contribution in [-0.4, -0.2) is 57.4 Å². The van der Waals surface area contributed by atoms with E-state index in [2.05, 4.69) is 25.5 Å². The van der Waals surface area contributed by atoms with E-state index < -0.39 is 5.91 Å². The summed E-state index contributed by atoms with van der Waals surface area (Å²) in [6.45, 7) is 9.64. The summed E-state index contributed by atoms with van der Waals surface area (Å²) in [7, 11) is 0. The van der Waals surface area contributed by atoms with E-state index in [4.69, 9.17) is 4.42 Å². The number of anilines is 1. The number of nitrogens with zero attached hydrogens (tertiary/aromatic N) is 4. The second-order valence-electron chi connectivity index (χ2n) is 9.00. The summed E-state index contributed by atoms with van der Waals surface area (Å²) >= 11 is 0. The predicted molar refractivity (Wildman–Crippen MR) is 128 cm³/mol. The highest BCUT2D eigenvalue weighted by Crippen LogP contribution is 2.22. The lowest BCUT2D eigenvalue weighted by Gasteiger charge is -2.14. The lowest BCUT2D eigenvalue weighted by atomic mass is 10.1. The number of furan rings is 1. The van der Waals surface area contributed by atoms with Crippen molar-refractivity contribution in [2.24, 2.45) is 5.92 Å². The maximum atomic E-state index is 13.0. The normalized spacial score (nSPS) is 14.1. The molecule has 0 bridgehead atoms. The Morgan fingerprint density at radius 2 is 1.91 bits per heavy atom. The Morgan fingerprint density at radius 3 is 2.59 bits per heavy atom. The van der Waals surface area contributed by atoms with Gasteiger partial charge < -0.3 is 20.0 Å². The number of fused-ring (bicyclic) bond motifs is 1. The van der Waals surface area contributed by atoms with Crippen molar-refractivity contribution in [3.63, 3.8) is 0 Å². The summed E-state index contributed by atoms with van der Waals surface area (Å²) in [6, 6.07) is 3.16. The number of likely N-dealkylation sites (tertiary alicyclic amines) is 1. The molecule has 0 saturated carbocycles. The molecule has 4 heterocycles. The van der Waals surface area contributed by atoms with Crippen molar-refractivity contribution in [2.75, 3.05) is 31.5 Å². The average molecular weight is 467 g/mol. The topological polar surface area (TPSA) is 122 Å². The minimum atomic E-state index is -0.498. The lowest BCUT2D eigenvalue weighted by Crippen LogP contribution is -2.33. The van der Waals surface area contributed by atoms with Crippen LogP contribution >= 0.6 is 0 Å². The second kappa shape index (κ2) is 10.2. The van der Waals surface area contributed by atoms with E-state index in [-0.39, 0.29) is 39.7 Å². The maximum Gasteiger partial charge on any atom is 0.269 e. The molecule has 2 amide bonds. The predicted octanol–water partition coefficient (Wildman–Crippen LogP) is 2.43. The Bertz CT molecular complexity index is 1240. The van der Waals surface area contributed by atoms with Crippen LogP contribution in [0.4, 0.5) is 5.69 Å². The van der Waals surface area contributed by atoms with Gasteiger partial charge in [0.15, 0.2) is 0 Å². The Hall–Kier alpha value is -3.53. The first-order valence-electron chi connectivity index (χ1n) is 11.6. The highest BCUT2D eigenvalue weighted by molar-refractivity contribution is 6.12. The Kier molecular flexibility index (Phi) is 7.06. The van der Waals surface area contributed by atoms with Crippen LogP contribution in [0.5, 0.6) is 0 Å². The molecule has 1 aliphatic rings. The number of hydrogen-bond acceptors (Lipinski definition) is 7. The molecule has 0 atom stereocenters. The molecule has 34 heavy (non-hydrogen) atoms. The van der Waals surface area contributed by atoms with Crippen molar-refractivity contribution in [1.29, 1.82) is 0 Å². The van der Waals surface area contributed by atoms with Gasteiger partial charge in [-0.05, 0) is 50.9 Å². The van der Waals surface area contributed by atoms with E-state index >= 15 is 0 Å². The van der Waals surface area contributed by atoms with E-state index in [1.54, 1.807) is 19.1 Å². The zero-order chi connectivity index (χ0) is 24.2. The van der Waals surface area contributed by atoms with Gasteiger partial charge in [-0.15, -0.1) is 0 Å².